The number of carbonyl (C=O) groups is 3. The van der Waals surface area contributed by atoms with E-state index in [-0.39, 0.29) is 29.8 Å². The molecule has 35 heavy (non-hydrogen) atoms. The third kappa shape index (κ3) is 7.85. The quantitative estimate of drug-likeness (QED) is 0.607. The number of amides is 3. The Labute approximate surface area is 208 Å². The number of anilines is 1. The molecule has 1 aliphatic rings. The molecule has 8 nitrogen and oxygen atoms in total. The third-order valence-electron chi connectivity index (χ3n) is 5.18. The zero-order valence-electron chi connectivity index (χ0n) is 19.8. The predicted molar refractivity (Wildman–Crippen MR) is 130 cm³/mol. The van der Waals surface area contributed by atoms with Crippen molar-refractivity contribution in [1.82, 2.24) is 10.2 Å². The van der Waals surface area contributed by atoms with Crippen LogP contribution in [0.15, 0.2) is 48.5 Å². The zero-order chi connectivity index (χ0) is 25.6. The lowest BCUT2D eigenvalue weighted by Gasteiger charge is -2.39. The number of nitrogens with zero attached hydrogens (tertiary/aromatic N) is 1. The van der Waals surface area contributed by atoms with Gasteiger partial charge in [-0.15, -0.1) is 0 Å². The molecule has 2 N–H and O–H groups in total. The van der Waals surface area contributed by atoms with Gasteiger partial charge >= 0.3 is 6.09 Å². The van der Waals surface area contributed by atoms with Crippen LogP contribution in [-0.4, -0.2) is 53.6 Å². The minimum Gasteiger partial charge on any atom is -0.484 e. The Balaban J connectivity index is 1.63. The number of piperidine rings is 1. The molecule has 188 valence electrons. The lowest BCUT2D eigenvalue weighted by Crippen LogP contribution is -2.58. The number of para-hydroxylation sites is 1. The molecule has 2 atom stereocenters. The van der Waals surface area contributed by atoms with Crippen LogP contribution < -0.4 is 15.4 Å². The number of nitrogens with one attached hydrogen (secondary N) is 2. The molecule has 10 heteroatoms. The predicted octanol–water partition coefficient (Wildman–Crippen LogP) is 4.38. The van der Waals surface area contributed by atoms with Gasteiger partial charge in [0.1, 0.15) is 23.2 Å². The van der Waals surface area contributed by atoms with Crippen molar-refractivity contribution in [2.75, 3.05) is 18.5 Å². The number of carbonyl (C=O) groups excluding carboxylic acids is 3. The van der Waals surface area contributed by atoms with E-state index in [0.717, 1.165) is 6.07 Å². The summed E-state index contributed by atoms with van der Waals surface area (Å²) >= 11 is 5.65. The molecule has 3 rings (SSSR count). The van der Waals surface area contributed by atoms with E-state index in [9.17, 15) is 18.8 Å². The van der Waals surface area contributed by atoms with Gasteiger partial charge in [-0.3, -0.25) is 14.5 Å². The molecular formula is C25H29ClFN3O5. The van der Waals surface area contributed by atoms with E-state index >= 15 is 0 Å². The standard InChI is InChI=1S/C25H29ClFN3O5/c1-25(2,3)35-24(33)30-14-17(9-12-21(30)23(32)29-16-7-5-4-6-8-16)28-22(31)15-34-18-10-11-19(26)20(27)13-18/h4-8,10-11,13,17,21H,9,12,14-15H2,1-3H3,(H,28,31)(H,29,32)/t17?,21-/m0/s1. The molecule has 1 heterocycles. The molecule has 1 aliphatic heterocycles. The minimum atomic E-state index is -0.758. The van der Waals surface area contributed by atoms with Crippen LogP contribution in [0.1, 0.15) is 33.6 Å². The summed E-state index contributed by atoms with van der Waals surface area (Å²) in [4.78, 5) is 39.7. The van der Waals surface area contributed by atoms with Gasteiger partial charge in [0.05, 0.1) is 5.02 Å². The minimum absolute atomic E-state index is 0.0444. The number of hydrogen-bond donors (Lipinski definition) is 2. The maximum atomic E-state index is 13.6. The number of likely N-dealkylation sites (tertiary alicyclic amines) is 1. The molecule has 0 aliphatic carbocycles. The first-order valence-electron chi connectivity index (χ1n) is 11.2. The average molecular weight is 506 g/mol. The fraction of sp³-hybridized carbons (Fsp3) is 0.400. The van der Waals surface area contributed by atoms with Gasteiger partial charge < -0.3 is 20.1 Å². The number of benzene rings is 2. The van der Waals surface area contributed by atoms with Gasteiger partial charge in [-0.1, -0.05) is 29.8 Å². The van der Waals surface area contributed by atoms with Gasteiger partial charge in [0.2, 0.25) is 5.91 Å². The number of ether oxygens (including phenoxy) is 2. The largest absolute Gasteiger partial charge is 0.484 e. The molecule has 2 aromatic rings. The summed E-state index contributed by atoms with van der Waals surface area (Å²) in [6.45, 7) is 4.96. The van der Waals surface area contributed by atoms with Gasteiger partial charge in [-0.25, -0.2) is 9.18 Å². The first-order chi connectivity index (χ1) is 16.5. The van der Waals surface area contributed by atoms with E-state index in [4.69, 9.17) is 21.1 Å². The summed E-state index contributed by atoms with van der Waals surface area (Å²) < 4.78 is 24.4. The Morgan fingerprint density at radius 2 is 1.83 bits per heavy atom. The zero-order valence-corrected chi connectivity index (χ0v) is 20.6. The third-order valence-corrected chi connectivity index (χ3v) is 5.49. The Morgan fingerprint density at radius 1 is 1.11 bits per heavy atom. The van der Waals surface area contributed by atoms with Crippen LogP contribution in [0.25, 0.3) is 0 Å². The van der Waals surface area contributed by atoms with Crippen LogP contribution in [-0.2, 0) is 14.3 Å². The Bertz CT molecular complexity index is 1060. The van der Waals surface area contributed by atoms with Crippen molar-refractivity contribution >= 4 is 35.2 Å². The Kier molecular flexibility index (Phi) is 8.56. The second kappa shape index (κ2) is 11.4. The fourth-order valence-electron chi connectivity index (χ4n) is 3.62. The van der Waals surface area contributed by atoms with Gasteiger partial charge in [0.15, 0.2) is 6.61 Å². The highest BCUT2D eigenvalue weighted by Gasteiger charge is 2.38. The maximum absolute atomic E-state index is 13.6. The summed E-state index contributed by atoms with van der Waals surface area (Å²) in [6, 6.07) is 11.7. The van der Waals surface area contributed by atoms with E-state index in [2.05, 4.69) is 10.6 Å². The molecule has 3 amide bonds. The molecule has 1 saturated heterocycles. The smallest absolute Gasteiger partial charge is 0.411 e. The maximum Gasteiger partial charge on any atom is 0.411 e. The second-order valence-electron chi connectivity index (χ2n) is 9.21. The molecule has 1 unspecified atom stereocenters. The Hall–Kier alpha value is -3.33. The lowest BCUT2D eigenvalue weighted by molar-refractivity contribution is -0.125. The highest BCUT2D eigenvalue weighted by molar-refractivity contribution is 6.30. The summed E-state index contributed by atoms with van der Waals surface area (Å²) in [5, 5.41) is 5.59. The summed E-state index contributed by atoms with van der Waals surface area (Å²) in [5.41, 5.74) is -0.136. The first-order valence-corrected chi connectivity index (χ1v) is 11.6. The molecule has 0 aromatic heterocycles. The molecule has 0 bridgehead atoms. The van der Waals surface area contributed by atoms with Crippen molar-refractivity contribution in [3.8, 4) is 5.75 Å². The van der Waals surface area contributed by atoms with Crippen molar-refractivity contribution in [2.45, 2.75) is 51.3 Å². The van der Waals surface area contributed by atoms with Gasteiger partial charge in [0.25, 0.3) is 5.91 Å². The van der Waals surface area contributed by atoms with Crippen molar-refractivity contribution in [2.24, 2.45) is 0 Å². The molecule has 0 radical (unpaired) electrons. The fourth-order valence-corrected chi connectivity index (χ4v) is 3.73. The monoisotopic (exact) mass is 505 g/mol. The van der Waals surface area contributed by atoms with E-state index < -0.39 is 35.5 Å². The van der Waals surface area contributed by atoms with E-state index in [1.807, 2.05) is 6.07 Å². The van der Waals surface area contributed by atoms with Crippen LogP contribution >= 0.6 is 11.6 Å². The molecule has 2 aromatic carbocycles. The van der Waals surface area contributed by atoms with Crippen molar-refractivity contribution in [3.05, 3.63) is 59.4 Å². The second-order valence-corrected chi connectivity index (χ2v) is 9.62. The summed E-state index contributed by atoms with van der Waals surface area (Å²) in [6.07, 6.45) is 0.150. The van der Waals surface area contributed by atoms with E-state index in [1.54, 1.807) is 45.0 Å². The molecule has 0 spiro atoms. The SMILES string of the molecule is CC(C)(C)OC(=O)N1CC(NC(=O)COc2ccc(Cl)c(F)c2)CC[C@H]1C(=O)Nc1ccccc1. The topological polar surface area (TPSA) is 97.0 Å². The van der Waals surface area contributed by atoms with Crippen LogP contribution in [0, 0.1) is 5.82 Å². The number of rotatable bonds is 6. The summed E-state index contributed by atoms with van der Waals surface area (Å²) in [7, 11) is 0. The molecular weight excluding hydrogens is 477 g/mol. The summed E-state index contributed by atoms with van der Waals surface area (Å²) in [5.74, 6) is -1.26. The normalized spacial score (nSPS) is 17.9. The van der Waals surface area contributed by atoms with E-state index in [1.165, 1.54) is 17.0 Å². The highest BCUT2D eigenvalue weighted by Crippen LogP contribution is 2.23. The Morgan fingerprint density at radius 3 is 2.49 bits per heavy atom. The van der Waals surface area contributed by atoms with Crippen molar-refractivity contribution < 1.29 is 28.2 Å². The van der Waals surface area contributed by atoms with Crippen LogP contribution in [0.3, 0.4) is 0 Å². The first kappa shape index (κ1) is 26.3. The van der Waals surface area contributed by atoms with E-state index in [0.29, 0.717) is 18.5 Å². The van der Waals surface area contributed by atoms with Crippen molar-refractivity contribution in [1.29, 1.82) is 0 Å². The highest BCUT2D eigenvalue weighted by atomic mass is 35.5. The molecule has 1 fully saturated rings. The van der Waals surface area contributed by atoms with Gasteiger partial charge in [-0.05, 0) is 57.9 Å². The molecule has 0 saturated carbocycles. The number of hydrogen-bond acceptors (Lipinski definition) is 5. The van der Waals surface area contributed by atoms with Gasteiger partial charge in [0, 0.05) is 24.3 Å². The van der Waals surface area contributed by atoms with Crippen LogP contribution in [0.4, 0.5) is 14.9 Å². The lowest BCUT2D eigenvalue weighted by atomic mass is 9.97. The van der Waals surface area contributed by atoms with Gasteiger partial charge in [-0.2, -0.15) is 0 Å². The van der Waals surface area contributed by atoms with Crippen LogP contribution in [0.2, 0.25) is 5.02 Å². The van der Waals surface area contributed by atoms with Crippen LogP contribution in [0.5, 0.6) is 5.75 Å². The average Bonchev–Trinajstić information content (AvgIpc) is 2.79. The van der Waals surface area contributed by atoms with Crippen molar-refractivity contribution in [3.63, 3.8) is 0 Å². The number of halogens is 2.